The highest BCUT2D eigenvalue weighted by Crippen LogP contribution is 2.30. The van der Waals surface area contributed by atoms with Crippen LogP contribution >= 0.6 is 0 Å². The van der Waals surface area contributed by atoms with Gasteiger partial charge in [0.1, 0.15) is 11.6 Å². The number of hydrogen-bond donors (Lipinski definition) is 0. The lowest BCUT2D eigenvalue weighted by molar-refractivity contribution is 0.474. The molecule has 0 N–H and O–H groups in total. The highest BCUT2D eigenvalue weighted by molar-refractivity contribution is 5.83. The highest BCUT2D eigenvalue weighted by Gasteiger charge is 2.26. The van der Waals surface area contributed by atoms with Crippen molar-refractivity contribution in [1.29, 1.82) is 0 Å². The molecule has 3 aromatic heterocycles. The normalized spacial score (nSPS) is 17.0. The average Bonchev–Trinajstić information content (AvgIpc) is 3.23. The Kier molecular flexibility index (Phi) is 4.72. The summed E-state index contributed by atoms with van der Waals surface area (Å²) in [6.45, 7) is 5.02. The smallest absolute Gasteiger partial charge is 0.129 e. The summed E-state index contributed by atoms with van der Waals surface area (Å²) in [5.74, 6) is 2.66. The zero-order valence-electron chi connectivity index (χ0n) is 16.7. The van der Waals surface area contributed by atoms with E-state index in [0.29, 0.717) is 5.92 Å². The molecule has 0 bridgehead atoms. The molecular formula is C24H25N5. The molecule has 1 atom stereocenters. The standard InChI is InChI=1S/C24H25N5/c1-18-15-23(27-22-7-3-2-6-21(18)22)28-13-4-5-20(17-28)24-26-12-14-29(24)16-19-8-10-25-11-9-19/h2-3,6-12,14-15,20H,4-5,13,16-17H2,1H3. The van der Waals surface area contributed by atoms with E-state index >= 15 is 0 Å². The summed E-state index contributed by atoms with van der Waals surface area (Å²) in [7, 11) is 0. The number of benzene rings is 1. The fourth-order valence-corrected chi connectivity index (χ4v) is 4.39. The predicted octanol–water partition coefficient (Wildman–Crippen LogP) is 4.57. The maximum atomic E-state index is 4.96. The second-order valence-electron chi connectivity index (χ2n) is 7.87. The molecule has 1 aliphatic heterocycles. The van der Waals surface area contributed by atoms with Crippen molar-refractivity contribution in [2.45, 2.75) is 32.2 Å². The minimum atomic E-state index is 0.411. The fourth-order valence-electron chi connectivity index (χ4n) is 4.39. The number of pyridine rings is 2. The molecule has 5 nitrogen and oxygen atoms in total. The third kappa shape index (κ3) is 3.60. The highest BCUT2D eigenvalue weighted by atomic mass is 15.2. The van der Waals surface area contributed by atoms with Crippen molar-refractivity contribution >= 4 is 16.7 Å². The largest absolute Gasteiger partial charge is 0.356 e. The molecule has 4 aromatic rings. The SMILES string of the molecule is Cc1cc(N2CCCC(c3nccn3Cc3ccncc3)C2)nc2ccccc12. The minimum absolute atomic E-state index is 0.411. The van der Waals surface area contributed by atoms with Crippen LogP contribution < -0.4 is 4.90 Å². The Hall–Kier alpha value is -3.21. The van der Waals surface area contributed by atoms with Crippen LogP contribution in [0.3, 0.4) is 0 Å². The van der Waals surface area contributed by atoms with Gasteiger partial charge in [0.05, 0.1) is 5.52 Å². The number of para-hydroxylation sites is 1. The first kappa shape index (κ1) is 17.9. The number of nitrogens with zero attached hydrogens (tertiary/aromatic N) is 5. The van der Waals surface area contributed by atoms with Gasteiger partial charge in [0, 0.05) is 55.7 Å². The number of fused-ring (bicyclic) bond motifs is 1. The molecule has 0 amide bonds. The molecule has 1 aliphatic rings. The topological polar surface area (TPSA) is 46.8 Å². The maximum Gasteiger partial charge on any atom is 0.129 e. The third-order valence-electron chi connectivity index (χ3n) is 5.87. The first-order chi connectivity index (χ1) is 14.3. The molecule has 146 valence electrons. The van der Waals surface area contributed by atoms with Gasteiger partial charge in [0.25, 0.3) is 0 Å². The van der Waals surface area contributed by atoms with Gasteiger partial charge in [-0.25, -0.2) is 9.97 Å². The summed E-state index contributed by atoms with van der Waals surface area (Å²) in [6, 6.07) is 14.8. The second-order valence-corrected chi connectivity index (χ2v) is 7.87. The van der Waals surface area contributed by atoms with Crippen molar-refractivity contribution in [1.82, 2.24) is 19.5 Å². The van der Waals surface area contributed by atoms with Gasteiger partial charge in [-0.15, -0.1) is 0 Å². The van der Waals surface area contributed by atoms with Crippen molar-refractivity contribution in [2.75, 3.05) is 18.0 Å². The minimum Gasteiger partial charge on any atom is -0.356 e. The monoisotopic (exact) mass is 383 g/mol. The van der Waals surface area contributed by atoms with Crippen molar-refractivity contribution in [3.05, 3.63) is 84.2 Å². The Morgan fingerprint density at radius 2 is 1.93 bits per heavy atom. The maximum absolute atomic E-state index is 4.96. The lowest BCUT2D eigenvalue weighted by atomic mass is 9.96. The number of anilines is 1. The Balaban J connectivity index is 1.40. The summed E-state index contributed by atoms with van der Waals surface area (Å²) in [5.41, 5.74) is 3.61. The Morgan fingerprint density at radius 3 is 2.83 bits per heavy atom. The van der Waals surface area contributed by atoms with Crippen LogP contribution in [0.2, 0.25) is 0 Å². The molecule has 0 radical (unpaired) electrons. The van der Waals surface area contributed by atoms with Crippen molar-refractivity contribution in [3.8, 4) is 0 Å². The molecule has 4 heterocycles. The first-order valence-electron chi connectivity index (χ1n) is 10.3. The van der Waals surface area contributed by atoms with E-state index in [1.807, 2.05) is 18.6 Å². The van der Waals surface area contributed by atoms with Gasteiger partial charge in [-0.2, -0.15) is 0 Å². The number of hydrogen-bond acceptors (Lipinski definition) is 4. The molecule has 0 spiro atoms. The van der Waals surface area contributed by atoms with Crippen molar-refractivity contribution in [3.63, 3.8) is 0 Å². The van der Waals surface area contributed by atoms with Gasteiger partial charge in [-0.3, -0.25) is 4.98 Å². The van der Waals surface area contributed by atoms with Crippen LogP contribution in [-0.2, 0) is 6.54 Å². The number of aryl methyl sites for hydroxylation is 1. The fraction of sp³-hybridized carbons (Fsp3) is 0.292. The van der Waals surface area contributed by atoms with Crippen LogP contribution in [0.25, 0.3) is 10.9 Å². The van der Waals surface area contributed by atoms with Gasteiger partial charge in [0.15, 0.2) is 0 Å². The Morgan fingerprint density at radius 1 is 1.07 bits per heavy atom. The van der Waals surface area contributed by atoms with E-state index in [-0.39, 0.29) is 0 Å². The number of aromatic nitrogens is 4. The zero-order valence-corrected chi connectivity index (χ0v) is 16.7. The van der Waals surface area contributed by atoms with Crippen LogP contribution in [0.5, 0.6) is 0 Å². The van der Waals surface area contributed by atoms with E-state index in [2.05, 4.69) is 70.0 Å². The summed E-state index contributed by atoms with van der Waals surface area (Å²) < 4.78 is 2.28. The molecule has 0 aliphatic carbocycles. The van der Waals surface area contributed by atoms with Gasteiger partial charge in [0.2, 0.25) is 0 Å². The molecule has 29 heavy (non-hydrogen) atoms. The quantitative estimate of drug-likeness (QED) is 0.518. The summed E-state index contributed by atoms with van der Waals surface area (Å²) in [5, 5.41) is 1.23. The average molecular weight is 383 g/mol. The second kappa shape index (κ2) is 7.66. The number of rotatable bonds is 4. The van der Waals surface area contributed by atoms with Crippen molar-refractivity contribution in [2.24, 2.45) is 0 Å². The van der Waals surface area contributed by atoms with E-state index < -0.39 is 0 Å². The van der Waals surface area contributed by atoms with Gasteiger partial charge < -0.3 is 9.47 Å². The van der Waals surface area contributed by atoms with Crippen molar-refractivity contribution < 1.29 is 0 Å². The Labute approximate surface area is 171 Å². The van der Waals surface area contributed by atoms with E-state index in [1.165, 1.54) is 22.3 Å². The summed E-state index contributed by atoms with van der Waals surface area (Å²) in [6.07, 6.45) is 10.0. The molecule has 5 rings (SSSR count). The molecule has 5 heteroatoms. The van der Waals surface area contributed by atoms with E-state index in [0.717, 1.165) is 43.8 Å². The Bertz CT molecular complexity index is 1120. The van der Waals surface area contributed by atoms with Crippen LogP contribution in [0.1, 0.15) is 35.7 Å². The third-order valence-corrected chi connectivity index (χ3v) is 5.87. The van der Waals surface area contributed by atoms with Crippen LogP contribution in [0.15, 0.2) is 67.3 Å². The molecule has 1 saturated heterocycles. The van der Waals surface area contributed by atoms with Crippen LogP contribution in [0.4, 0.5) is 5.82 Å². The van der Waals surface area contributed by atoms with Gasteiger partial charge >= 0.3 is 0 Å². The first-order valence-corrected chi connectivity index (χ1v) is 10.3. The molecule has 1 unspecified atom stereocenters. The molecule has 1 aromatic carbocycles. The lowest BCUT2D eigenvalue weighted by Crippen LogP contribution is -2.36. The van der Waals surface area contributed by atoms with E-state index in [4.69, 9.17) is 9.97 Å². The zero-order chi connectivity index (χ0) is 19.6. The van der Waals surface area contributed by atoms with Crippen LogP contribution in [-0.4, -0.2) is 32.6 Å². The van der Waals surface area contributed by atoms with E-state index in [9.17, 15) is 0 Å². The number of imidazole rings is 1. The van der Waals surface area contributed by atoms with Crippen LogP contribution in [0, 0.1) is 6.92 Å². The van der Waals surface area contributed by atoms with Gasteiger partial charge in [-0.1, -0.05) is 18.2 Å². The summed E-state index contributed by atoms with van der Waals surface area (Å²) in [4.78, 5) is 16.2. The number of piperidine rings is 1. The molecule has 0 saturated carbocycles. The molecular weight excluding hydrogens is 358 g/mol. The van der Waals surface area contributed by atoms with Gasteiger partial charge in [-0.05, 0) is 55.2 Å². The van der Waals surface area contributed by atoms with E-state index in [1.54, 1.807) is 0 Å². The molecule has 1 fully saturated rings. The summed E-state index contributed by atoms with van der Waals surface area (Å²) >= 11 is 0. The predicted molar refractivity (Wildman–Crippen MR) is 116 cm³/mol. The lowest BCUT2D eigenvalue weighted by Gasteiger charge is -2.34.